The summed E-state index contributed by atoms with van der Waals surface area (Å²) in [5.74, 6) is -0.991. The van der Waals surface area contributed by atoms with Gasteiger partial charge in [0.2, 0.25) is 0 Å². The molecule has 1 aromatic rings. The van der Waals surface area contributed by atoms with Crippen molar-refractivity contribution in [3.05, 3.63) is 23.8 Å². The second kappa shape index (κ2) is 6.33. The summed E-state index contributed by atoms with van der Waals surface area (Å²) in [6.07, 6.45) is 0. The molecule has 2 amide bonds. The number of rotatable bonds is 5. The quantitative estimate of drug-likeness (QED) is 0.726. The maximum atomic E-state index is 12.7. The zero-order chi connectivity index (χ0) is 20.1. The highest BCUT2D eigenvalue weighted by Crippen LogP contribution is 2.54. The number of nitrogens with zero attached hydrogens (tertiary/aromatic N) is 1. The summed E-state index contributed by atoms with van der Waals surface area (Å²) in [5, 5.41) is 11.8. The molecule has 2 saturated heterocycles. The van der Waals surface area contributed by atoms with Gasteiger partial charge in [-0.3, -0.25) is 9.59 Å². The molecule has 0 aromatic heterocycles. The number of carbonyl (C=O) groups is 3. The van der Waals surface area contributed by atoms with Crippen LogP contribution in [-0.2, 0) is 9.59 Å². The molecule has 8 nitrogen and oxygen atoms in total. The number of benzene rings is 1. The fourth-order valence-corrected chi connectivity index (χ4v) is 5.27. The second-order valence-electron chi connectivity index (χ2n) is 7.25. The summed E-state index contributed by atoms with van der Waals surface area (Å²) in [5.41, 5.74) is -0.853. The Labute approximate surface area is 161 Å². The van der Waals surface area contributed by atoms with Crippen molar-refractivity contribution < 1.29 is 29.0 Å². The number of thioether (sulfide) groups is 1. The average molecular weight is 394 g/mol. The van der Waals surface area contributed by atoms with Gasteiger partial charge in [-0.25, -0.2) is 4.79 Å². The minimum Gasteiger partial charge on any atom is -0.493 e. The van der Waals surface area contributed by atoms with Gasteiger partial charge in [0.25, 0.3) is 11.8 Å². The highest BCUT2D eigenvalue weighted by atomic mass is 32.2. The van der Waals surface area contributed by atoms with Crippen LogP contribution in [0.1, 0.15) is 31.1 Å². The van der Waals surface area contributed by atoms with E-state index >= 15 is 0 Å². The number of β-lactam (4-membered cyclic amide) rings is 1. The molecule has 2 aliphatic rings. The smallest absolute Gasteiger partial charge is 0.327 e. The van der Waals surface area contributed by atoms with E-state index in [-0.39, 0.29) is 0 Å². The fraction of sp³-hybridized carbons (Fsp3) is 0.500. The molecular weight excluding hydrogens is 372 g/mol. The Hall–Kier alpha value is -2.42. The van der Waals surface area contributed by atoms with Crippen molar-refractivity contribution in [1.29, 1.82) is 0 Å². The van der Waals surface area contributed by atoms with Crippen molar-refractivity contribution in [2.75, 3.05) is 14.2 Å². The maximum absolute atomic E-state index is 12.7. The number of carboxylic acid groups (broad SMARTS) is 1. The summed E-state index contributed by atoms with van der Waals surface area (Å²) in [4.78, 5) is 38.4. The van der Waals surface area contributed by atoms with Gasteiger partial charge in [-0.2, -0.15) is 0 Å². The SMILES string of the molecule is COc1ccc(C(=O)N[C@@]2(C)C(=O)N3[C@@H](C(=O)O)C(C)(C)S[C@@H]32)cc1OC. The Morgan fingerprint density at radius 1 is 1.19 bits per heavy atom. The standard InChI is InChI=1S/C18H22N2O6S/c1-17(2)12(14(22)23)20-15(24)18(3,16(20)27-17)19-13(21)9-6-7-10(25-4)11(8-9)26-5/h6-8,12,16H,1-5H3,(H,19,21)(H,22,23)/t12-,16+,18-/m0/s1. The van der Waals surface area contributed by atoms with Crippen LogP contribution < -0.4 is 14.8 Å². The predicted octanol–water partition coefficient (Wildman–Crippen LogP) is 1.34. The van der Waals surface area contributed by atoms with E-state index in [1.165, 1.54) is 36.9 Å². The zero-order valence-electron chi connectivity index (χ0n) is 15.7. The van der Waals surface area contributed by atoms with Gasteiger partial charge >= 0.3 is 5.97 Å². The van der Waals surface area contributed by atoms with Gasteiger partial charge in [-0.1, -0.05) is 0 Å². The summed E-state index contributed by atoms with van der Waals surface area (Å²) < 4.78 is 9.71. The molecule has 9 heteroatoms. The number of aliphatic carboxylic acids is 1. The molecule has 2 aliphatic heterocycles. The van der Waals surface area contributed by atoms with Crippen molar-refractivity contribution in [1.82, 2.24) is 10.2 Å². The number of hydrogen-bond acceptors (Lipinski definition) is 6. The Kier molecular flexibility index (Phi) is 4.54. The lowest BCUT2D eigenvalue weighted by Gasteiger charge is -2.51. The molecule has 0 unspecified atom stereocenters. The van der Waals surface area contributed by atoms with Gasteiger partial charge in [-0.05, 0) is 39.0 Å². The lowest BCUT2D eigenvalue weighted by atomic mass is 9.86. The van der Waals surface area contributed by atoms with Crippen LogP contribution >= 0.6 is 11.8 Å². The number of fused-ring (bicyclic) bond motifs is 1. The van der Waals surface area contributed by atoms with Crippen LogP contribution in [0.25, 0.3) is 0 Å². The van der Waals surface area contributed by atoms with Crippen molar-refractivity contribution in [2.24, 2.45) is 0 Å². The van der Waals surface area contributed by atoms with Gasteiger partial charge in [0, 0.05) is 10.3 Å². The van der Waals surface area contributed by atoms with E-state index in [0.717, 1.165) is 0 Å². The van der Waals surface area contributed by atoms with Gasteiger partial charge < -0.3 is 24.8 Å². The lowest BCUT2D eigenvalue weighted by molar-refractivity contribution is -0.165. The third kappa shape index (κ3) is 2.80. The van der Waals surface area contributed by atoms with Crippen LogP contribution in [0.4, 0.5) is 0 Å². The zero-order valence-corrected chi connectivity index (χ0v) is 16.5. The molecule has 0 spiro atoms. The molecule has 0 bridgehead atoms. The van der Waals surface area contributed by atoms with E-state index in [9.17, 15) is 19.5 Å². The molecule has 2 fully saturated rings. The number of carbonyl (C=O) groups excluding carboxylic acids is 2. The van der Waals surface area contributed by atoms with Gasteiger partial charge in [-0.15, -0.1) is 11.8 Å². The largest absolute Gasteiger partial charge is 0.493 e. The monoisotopic (exact) mass is 394 g/mol. The molecule has 1 aromatic carbocycles. The third-order valence-electron chi connectivity index (χ3n) is 5.03. The second-order valence-corrected chi connectivity index (χ2v) is 8.99. The summed E-state index contributed by atoms with van der Waals surface area (Å²) in [6.45, 7) is 5.21. The summed E-state index contributed by atoms with van der Waals surface area (Å²) in [6, 6.07) is 3.79. The highest BCUT2D eigenvalue weighted by Gasteiger charge is 2.70. The first-order chi connectivity index (χ1) is 12.6. The molecule has 146 valence electrons. The molecule has 0 aliphatic carbocycles. The molecule has 2 heterocycles. The Morgan fingerprint density at radius 3 is 2.37 bits per heavy atom. The molecule has 27 heavy (non-hydrogen) atoms. The van der Waals surface area contributed by atoms with Crippen LogP contribution in [0.3, 0.4) is 0 Å². The van der Waals surface area contributed by atoms with E-state index in [1.54, 1.807) is 32.9 Å². The van der Waals surface area contributed by atoms with E-state index in [1.807, 2.05) is 0 Å². The van der Waals surface area contributed by atoms with Crippen LogP contribution in [0.2, 0.25) is 0 Å². The van der Waals surface area contributed by atoms with Gasteiger partial charge in [0.05, 0.1) is 14.2 Å². The fourth-order valence-electron chi connectivity index (χ4n) is 3.62. The number of nitrogens with one attached hydrogen (secondary N) is 1. The Balaban J connectivity index is 1.83. The number of ether oxygens (including phenoxy) is 2. The third-order valence-corrected chi connectivity index (χ3v) is 6.78. The average Bonchev–Trinajstić information content (AvgIpc) is 2.90. The first-order valence-electron chi connectivity index (χ1n) is 8.34. The van der Waals surface area contributed by atoms with Gasteiger partial charge in [0.1, 0.15) is 17.0 Å². The number of amides is 2. The summed E-state index contributed by atoms with van der Waals surface area (Å²) in [7, 11) is 2.97. The van der Waals surface area contributed by atoms with Gasteiger partial charge in [0.15, 0.2) is 11.5 Å². The Bertz CT molecular complexity index is 826. The van der Waals surface area contributed by atoms with Crippen LogP contribution in [0.15, 0.2) is 18.2 Å². The molecule has 3 rings (SSSR count). The van der Waals surface area contributed by atoms with Crippen molar-refractivity contribution in [3.8, 4) is 11.5 Å². The molecule has 3 atom stereocenters. The summed E-state index contributed by atoms with van der Waals surface area (Å²) >= 11 is 1.38. The van der Waals surface area contributed by atoms with E-state index < -0.39 is 39.5 Å². The van der Waals surface area contributed by atoms with Crippen LogP contribution in [0.5, 0.6) is 11.5 Å². The van der Waals surface area contributed by atoms with Crippen molar-refractivity contribution >= 4 is 29.5 Å². The first kappa shape index (κ1) is 19.3. The molecule has 0 saturated carbocycles. The molecule has 2 N–H and O–H groups in total. The topological polar surface area (TPSA) is 105 Å². The normalized spacial score (nSPS) is 28.2. The minimum atomic E-state index is -1.17. The molecular formula is C18H22N2O6S. The number of hydrogen-bond donors (Lipinski definition) is 2. The van der Waals surface area contributed by atoms with E-state index in [4.69, 9.17) is 9.47 Å². The predicted molar refractivity (Wildman–Crippen MR) is 99.1 cm³/mol. The highest BCUT2D eigenvalue weighted by molar-refractivity contribution is 8.01. The van der Waals surface area contributed by atoms with Crippen molar-refractivity contribution in [2.45, 2.75) is 42.5 Å². The number of methoxy groups -OCH3 is 2. The van der Waals surface area contributed by atoms with E-state index in [2.05, 4.69) is 5.32 Å². The van der Waals surface area contributed by atoms with E-state index in [0.29, 0.717) is 17.1 Å². The van der Waals surface area contributed by atoms with Crippen molar-refractivity contribution in [3.63, 3.8) is 0 Å². The minimum absolute atomic E-state index is 0.317. The molecule has 0 radical (unpaired) electrons. The maximum Gasteiger partial charge on any atom is 0.327 e. The number of carboxylic acids is 1. The van der Waals surface area contributed by atoms with Crippen LogP contribution in [0, 0.1) is 0 Å². The lowest BCUT2D eigenvalue weighted by Crippen LogP contribution is -2.78. The first-order valence-corrected chi connectivity index (χ1v) is 9.22. The van der Waals surface area contributed by atoms with Crippen LogP contribution in [-0.4, -0.2) is 63.7 Å². The Morgan fingerprint density at radius 2 is 1.81 bits per heavy atom.